The molecule has 0 bridgehead atoms. The van der Waals surface area contributed by atoms with Gasteiger partial charge in [0.25, 0.3) is 5.91 Å². The molecule has 8 nitrogen and oxygen atoms in total. The number of amides is 1. The van der Waals surface area contributed by atoms with Crippen molar-refractivity contribution in [2.24, 2.45) is 7.05 Å². The molecule has 1 aromatic carbocycles. The fourth-order valence-electron chi connectivity index (χ4n) is 3.21. The fourth-order valence-corrected chi connectivity index (χ4v) is 3.21. The minimum absolute atomic E-state index is 0.156. The maximum Gasteiger partial charge on any atom is 0.336 e. The van der Waals surface area contributed by atoms with Crippen molar-refractivity contribution in [2.45, 2.75) is 32.9 Å². The van der Waals surface area contributed by atoms with E-state index < -0.39 is 11.7 Å². The summed E-state index contributed by atoms with van der Waals surface area (Å²) in [6.07, 6.45) is 3.26. The van der Waals surface area contributed by atoms with E-state index in [1.165, 1.54) is 11.0 Å². The third-order valence-electron chi connectivity index (χ3n) is 4.79. The first-order chi connectivity index (χ1) is 13.9. The number of aryl methyl sites for hydroxylation is 2. The summed E-state index contributed by atoms with van der Waals surface area (Å²) in [5.41, 5.74) is 1.75. The number of aliphatic hydroxyl groups is 1. The predicted octanol–water partition coefficient (Wildman–Crippen LogP) is 1.88. The highest BCUT2D eigenvalue weighted by molar-refractivity contribution is 5.83. The number of nitrogens with zero attached hydrogens (tertiary/aromatic N) is 3. The lowest BCUT2D eigenvalue weighted by Gasteiger charge is -2.25. The molecule has 0 fully saturated rings. The summed E-state index contributed by atoms with van der Waals surface area (Å²) in [7, 11) is 1.84. The minimum Gasteiger partial charge on any atom is -0.481 e. The summed E-state index contributed by atoms with van der Waals surface area (Å²) in [5, 5.41) is 10.2. The van der Waals surface area contributed by atoms with Crippen LogP contribution in [0.5, 0.6) is 5.75 Å². The zero-order chi connectivity index (χ0) is 21.0. The lowest BCUT2D eigenvalue weighted by Crippen LogP contribution is -2.41. The molecule has 8 heteroatoms. The Balaban J connectivity index is 1.78. The lowest BCUT2D eigenvalue weighted by molar-refractivity contribution is -0.139. The Bertz CT molecular complexity index is 1060. The van der Waals surface area contributed by atoms with E-state index in [4.69, 9.17) is 9.15 Å². The molecule has 1 unspecified atom stereocenters. The number of hydrogen-bond donors (Lipinski definition) is 1. The maximum absolute atomic E-state index is 12.9. The van der Waals surface area contributed by atoms with Crippen molar-refractivity contribution in [3.8, 4) is 5.75 Å². The van der Waals surface area contributed by atoms with Gasteiger partial charge in [0.2, 0.25) is 0 Å². The molecule has 2 aromatic heterocycles. The molecule has 1 atom stereocenters. The number of hydrogen-bond acceptors (Lipinski definition) is 6. The molecule has 29 heavy (non-hydrogen) atoms. The Morgan fingerprint density at radius 3 is 2.83 bits per heavy atom. The summed E-state index contributed by atoms with van der Waals surface area (Å²) >= 11 is 0. The third kappa shape index (κ3) is 4.65. The Morgan fingerprint density at radius 2 is 2.17 bits per heavy atom. The van der Waals surface area contributed by atoms with Crippen molar-refractivity contribution in [1.29, 1.82) is 0 Å². The molecule has 154 valence electrons. The Morgan fingerprint density at radius 1 is 1.38 bits per heavy atom. The molecule has 0 saturated heterocycles. The second kappa shape index (κ2) is 8.91. The second-order valence-corrected chi connectivity index (χ2v) is 6.84. The number of aliphatic hydroxyl groups excluding tert-OH is 1. The molecule has 0 aliphatic rings. The quantitative estimate of drug-likeness (QED) is 0.581. The van der Waals surface area contributed by atoms with Crippen LogP contribution in [0.2, 0.25) is 0 Å². The van der Waals surface area contributed by atoms with Gasteiger partial charge >= 0.3 is 5.63 Å². The first kappa shape index (κ1) is 20.6. The maximum atomic E-state index is 12.9. The van der Waals surface area contributed by atoms with E-state index in [1.807, 2.05) is 24.6 Å². The van der Waals surface area contributed by atoms with Crippen LogP contribution in [0.25, 0.3) is 11.0 Å². The van der Waals surface area contributed by atoms with Crippen LogP contribution < -0.4 is 10.4 Å². The van der Waals surface area contributed by atoms with Crippen LogP contribution in [0, 0.1) is 0 Å². The number of carbonyl (C=O) groups is 1. The van der Waals surface area contributed by atoms with E-state index in [-0.39, 0.29) is 19.1 Å². The van der Waals surface area contributed by atoms with Crippen molar-refractivity contribution >= 4 is 16.9 Å². The Hall–Kier alpha value is -3.13. The molecular formula is C21H25N3O5. The molecule has 1 N–H and O–H groups in total. The summed E-state index contributed by atoms with van der Waals surface area (Å²) in [5.74, 6) is 0.170. The van der Waals surface area contributed by atoms with Crippen LogP contribution in [-0.4, -0.2) is 44.7 Å². The molecule has 2 heterocycles. The number of imidazole rings is 1. The number of fused-ring (bicyclic) bond motifs is 1. The largest absolute Gasteiger partial charge is 0.481 e. The predicted molar refractivity (Wildman–Crippen MR) is 108 cm³/mol. The van der Waals surface area contributed by atoms with Crippen LogP contribution >= 0.6 is 0 Å². The molecule has 0 aliphatic carbocycles. The van der Waals surface area contributed by atoms with E-state index in [0.29, 0.717) is 24.3 Å². The highest BCUT2D eigenvalue weighted by Gasteiger charge is 2.23. The molecule has 3 aromatic rings. The molecule has 1 amide bonds. The molecule has 3 rings (SSSR count). The van der Waals surface area contributed by atoms with Gasteiger partial charge in [0, 0.05) is 37.3 Å². The van der Waals surface area contributed by atoms with Crippen LogP contribution in [0.1, 0.15) is 25.1 Å². The molecule has 0 spiro atoms. The lowest BCUT2D eigenvalue weighted by atomic mass is 10.1. The van der Waals surface area contributed by atoms with Crippen LogP contribution in [0.3, 0.4) is 0 Å². The average molecular weight is 399 g/mol. The van der Waals surface area contributed by atoms with Gasteiger partial charge in [-0.05, 0) is 31.0 Å². The zero-order valence-corrected chi connectivity index (χ0v) is 16.8. The van der Waals surface area contributed by atoms with Crippen molar-refractivity contribution in [1.82, 2.24) is 14.5 Å². The highest BCUT2D eigenvalue weighted by atomic mass is 16.5. The monoisotopic (exact) mass is 399 g/mol. The van der Waals surface area contributed by atoms with Gasteiger partial charge in [0.05, 0.1) is 25.2 Å². The van der Waals surface area contributed by atoms with Crippen molar-refractivity contribution < 1.29 is 19.1 Å². The van der Waals surface area contributed by atoms with Gasteiger partial charge in [0.15, 0.2) is 6.10 Å². The fraction of sp³-hybridized carbons (Fsp3) is 0.381. The Kier molecular flexibility index (Phi) is 6.33. The topological polar surface area (TPSA) is 97.8 Å². The molecule has 0 saturated carbocycles. The van der Waals surface area contributed by atoms with Gasteiger partial charge in [-0.2, -0.15) is 0 Å². The Labute approximate surface area is 168 Å². The van der Waals surface area contributed by atoms with Gasteiger partial charge in [-0.15, -0.1) is 0 Å². The third-order valence-corrected chi connectivity index (χ3v) is 4.79. The van der Waals surface area contributed by atoms with Crippen LogP contribution in [0.4, 0.5) is 0 Å². The SMILES string of the molecule is CCc1cc(=O)oc2cc(OC(C)C(=O)N(CCO)Cc3cncn3C)ccc12. The number of aromatic nitrogens is 2. The number of carbonyl (C=O) groups excluding carboxylic acids is 1. The van der Waals surface area contributed by atoms with Gasteiger partial charge in [0.1, 0.15) is 11.3 Å². The van der Waals surface area contributed by atoms with Crippen molar-refractivity contribution in [3.05, 3.63) is 58.5 Å². The van der Waals surface area contributed by atoms with E-state index in [9.17, 15) is 14.7 Å². The van der Waals surface area contributed by atoms with Gasteiger partial charge in [-0.3, -0.25) is 4.79 Å². The van der Waals surface area contributed by atoms with Crippen LogP contribution in [-0.2, 0) is 24.8 Å². The normalized spacial score (nSPS) is 12.1. The molecule has 0 aliphatic heterocycles. The van der Waals surface area contributed by atoms with E-state index >= 15 is 0 Å². The number of benzene rings is 1. The van der Waals surface area contributed by atoms with E-state index in [0.717, 1.165) is 16.6 Å². The average Bonchev–Trinajstić information content (AvgIpc) is 3.10. The minimum atomic E-state index is -0.784. The first-order valence-corrected chi connectivity index (χ1v) is 9.51. The number of rotatable bonds is 8. The second-order valence-electron chi connectivity index (χ2n) is 6.84. The van der Waals surface area contributed by atoms with Crippen molar-refractivity contribution in [3.63, 3.8) is 0 Å². The van der Waals surface area contributed by atoms with Gasteiger partial charge in [-0.25, -0.2) is 9.78 Å². The smallest absolute Gasteiger partial charge is 0.336 e. The molecule has 0 radical (unpaired) electrons. The summed E-state index contributed by atoms with van der Waals surface area (Å²) in [4.78, 5) is 30.2. The summed E-state index contributed by atoms with van der Waals surface area (Å²) in [6.45, 7) is 3.97. The van der Waals surface area contributed by atoms with E-state index in [2.05, 4.69) is 4.98 Å². The highest BCUT2D eigenvalue weighted by Crippen LogP contribution is 2.24. The summed E-state index contributed by atoms with van der Waals surface area (Å²) < 4.78 is 12.9. The van der Waals surface area contributed by atoms with Crippen LogP contribution in [0.15, 0.2) is 46.0 Å². The zero-order valence-electron chi connectivity index (χ0n) is 16.8. The van der Waals surface area contributed by atoms with Gasteiger partial charge < -0.3 is 23.7 Å². The first-order valence-electron chi connectivity index (χ1n) is 9.51. The summed E-state index contributed by atoms with van der Waals surface area (Å²) in [6, 6.07) is 6.69. The van der Waals surface area contributed by atoms with Crippen molar-refractivity contribution in [2.75, 3.05) is 13.2 Å². The standard InChI is InChI=1S/C21H25N3O5/c1-4-15-9-20(26)29-19-10-17(5-6-18(15)19)28-14(2)21(27)24(7-8-25)12-16-11-22-13-23(16)3/h5-6,9-11,13-14,25H,4,7-8,12H2,1-3H3. The van der Waals surface area contributed by atoms with Gasteiger partial charge in [-0.1, -0.05) is 6.92 Å². The number of ether oxygens (including phenoxy) is 1. The van der Waals surface area contributed by atoms with E-state index in [1.54, 1.807) is 31.6 Å². The molecular weight excluding hydrogens is 374 g/mol.